The predicted octanol–water partition coefficient (Wildman–Crippen LogP) is 4.89. The number of carboxylic acids is 1. The quantitative estimate of drug-likeness (QED) is 0.629. The molecule has 0 heterocycles. The van der Waals surface area contributed by atoms with Gasteiger partial charge in [0, 0.05) is 5.92 Å². The molecule has 1 aliphatic carbocycles. The fourth-order valence-electron chi connectivity index (χ4n) is 3.75. The first-order valence-corrected chi connectivity index (χ1v) is 9.23. The van der Waals surface area contributed by atoms with E-state index in [9.17, 15) is 19.1 Å². The number of amides is 1. The molecule has 7 heteroatoms. The number of aromatic carboxylic acids is 1. The lowest BCUT2D eigenvalue weighted by atomic mass is 9.98. The second-order valence-electron chi connectivity index (χ2n) is 6.76. The van der Waals surface area contributed by atoms with Crippen molar-refractivity contribution in [2.24, 2.45) is 0 Å². The number of anilines is 1. The van der Waals surface area contributed by atoms with Crippen LogP contribution < -0.4 is 10.1 Å². The first kappa shape index (κ1) is 19.4. The van der Waals surface area contributed by atoms with E-state index in [0.29, 0.717) is 0 Å². The number of carbonyl (C=O) groups excluding carboxylic acids is 1. The standard InChI is InChI=1S/C23H18FNO5/c1-29-19-11-10-17(22(26)27)21(20(19)24)25-23(28)30-12-18-15-8-4-2-6-13(15)14-7-3-5-9-16(14)18/h2-11,18H,12H2,1H3,(H,25,28)(H,26,27). The number of hydrogen-bond donors (Lipinski definition) is 2. The maximum atomic E-state index is 14.5. The lowest BCUT2D eigenvalue weighted by molar-refractivity contribution is 0.0697. The fraction of sp³-hybridized carbons (Fsp3) is 0.130. The number of carbonyl (C=O) groups is 2. The molecule has 0 atom stereocenters. The zero-order chi connectivity index (χ0) is 21.3. The van der Waals surface area contributed by atoms with Crippen LogP contribution in [0.1, 0.15) is 27.4 Å². The summed E-state index contributed by atoms with van der Waals surface area (Å²) in [6.07, 6.45) is -0.952. The largest absolute Gasteiger partial charge is 0.494 e. The minimum absolute atomic E-state index is 0.0217. The smallest absolute Gasteiger partial charge is 0.411 e. The molecule has 2 N–H and O–H groups in total. The van der Waals surface area contributed by atoms with Gasteiger partial charge in [0.2, 0.25) is 0 Å². The van der Waals surface area contributed by atoms with E-state index in [1.54, 1.807) is 0 Å². The van der Waals surface area contributed by atoms with Crippen molar-refractivity contribution < 1.29 is 28.6 Å². The Morgan fingerprint density at radius 2 is 1.60 bits per heavy atom. The molecule has 0 bridgehead atoms. The first-order valence-electron chi connectivity index (χ1n) is 9.23. The van der Waals surface area contributed by atoms with E-state index >= 15 is 0 Å². The molecule has 3 aromatic carbocycles. The Labute approximate surface area is 171 Å². The van der Waals surface area contributed by atoms with Gasteiger partial charge in [-0.1, -0.05) is 48.5 Å². The Balaban J connectivity index is 1.55. The van der Waals surface area contributed by atoms with E-state index < -0.39 is 29.1 Å². The lowest BCUT2D eigenvalue weighted by Crippen LogP contribution is -2.20. The molecule has 6 nitrogen and oxygen atoms in total. The topological polar surface area (TPSA) is 84.9 Å². The van der Waals surface area contributed by atoms with Crippen molar-refractivity contribution >= 4 is 17.7 Å². The van der Waals surface area contributed by atoms with Crippen LogP contribution in [-0.2, 0) is 4.74 Å². The van der Waals surface area contributed by atoms with Gasteiger partial charge in [-0.25, -0.2) is 14.0 Å². The van der Waals surface area contributed by atoms with E-state index in [-0.39, 0.29) is 18.3 Å². The number of halogens is 1. The van der Waals surface area contributed by atoms with Crippen LogP contribution in [0.4, 0.5) is 14.9 Å². The van der Waals surface area contributed by atoms with Crippen molar-refractivity contribution in [2.45, 2.75) is 5.92 Å². The molecule has 0 aromatic heterocycles. The summed E-state index contributed by atoms with van der Waals surface area (Å²) >= 11 is 0. The molecular formula is C23H18FNO5. The number of methoxy groups -OCH3 is 1. The monoisotopic (exact) mass is 407 g/mol. The molecule has 0 saturated heterocycles. The maximum absolute atomic E-state index is 14.5. The Morgan fingerprint density at radius 3 is 2.17 bits per heavy atom. The fourth-order valence-corrected chi connectivity index (χ4v) is 3.75. The van der Waals surface area contributed by atoms with E-state index in [2.05, 4.69) is 5.32 Å². The number of benzene rings is 3. The van der Waals surface area contributed by atoms with Crippen LogP contribution in [0.2, 0.25) is 0 Å². The Hall–Kier alpha value is -3.87. The number of fused-ring (bicyclic) bond motifs is 3. The van der Waals surface area contributed by atoms with E-state index in [1.807, 2.05) is 48.5 Å². The van der Waals surface area contributed by atoms with Crippen molar-refractivity contribution in [2.75, 3.05) is 19.0 Å². The summed E-state index contributed by atoms with van der Waals surface area (Å²) in [5.74, 6) is -2.72. The molecule has 30 heavy (non-hydrogen) atoms. The van der Waals surface area contributed by atoms with Gasteiger partial charge < -0.3 is 14.6 Å². The summed E-state index contributed by atoms with van der Waals surface area (Å²) in [7, 11) is 1.25. The molecule has 1 amide bonds. The molecule has 0 aliphatic heterocycles. The highest BCUT2D eigenvalue weighted by Gasteiger charge is 2.29. The van der Waals surface area contributed by atoms with Crippen LogP contribution in [-0.4, -0.2) is 30.9 Å². The summed E-state index contributed by atoms with van der Waals surface area (Å²) in [4.78, 5) is 23.8. The van der Waals surface area contributed by atoms with Gasteiger partial charge in [0.15, 0.2) is 11.6 Å². The number of nitrogens with one attached hydrogen (secondary N) is 1. The minimum Gasteiger partial charge on any atom is -0.494 e. The van der Waals surface area contributed by atoms with Crippen LogP contribution in [0, 0.1) is 5.82 Å². The molecule has 1 aliphatic rings. The van der Waals surface area contributed by atoms with Crippen molar-refractivity contribution in [1.82, 2.24) is 0 Å². The average Bonchev–Trinajstić information content (AvgIpc) is 3.07. The van der Waals surface area contributed by atoms with Gasteiger partial charge in [0.25, 0.3) is 0 Å². The lowest BCUT2D eigenvalue weighted by Gasteiger charge is -2.16. The molecule has 3 aromatic rings. The summed E-state index contributed by atoms with van der Waals surface area (Å²) in [5.41, 5.74) is 3.32. The number of hydrogen-bond acceptors (Lipinski definition) is 4. The number of carboxylic acid groups (broad SMARTS) is 1. The Bertz CT molecular complexity index is 1100. The molecule has 0 unspecified atom stereocenters. The van der Waals surface area contributed by atoms with Crippen LogP contribution in [0.15, 0.2) is 60.7 Å². The molecule has 152 valence electrons. The third-order valence-corrected chi connectivity index (χ3v) is 5.13. The van der Waals surface area contributed by atoms with Gasteiger partial charge in [-0.2, -0.15) is 0 Å². The average molecular weight is 407 g/mol. The van der Waals surface area contributed by atoms with Crippen LogP contribution in [0.5, 0.6) is 5.75 Å². The molecule has 0 radical (unpaired) electrons. The SMILES string of the molecule is COc1ccc(C(=O)O)c(NC(=O)OCC2c3ccccc3-c3ccccc32)c1F. The summed E-state index contributed by atoms with van der Waals surface area (Å²) < 4.78 is 24.7. The summed E-state index contributed by atoms with van der Waals surface area (Å²) in [6, 6.07) is 18.1. The maximum Gasteiger partial charge on any atom is 0.411 e. The van der Waals surface area contributed by atoms with Crippen LogP contribution in [0.3, 0.4) is 0 Å². The highest BCUT2D eigenvalue weighted by Crippen LogP contribution is 2.44. The zero-order valence-electron chi connectivity index (χ0n) is 16.0. The molecule has 4 rings (SSSR count). The third-order valence-electron chi connectivity index (χ3n) is 5.13. The van der Waals surface area contributed by atoms with Gasteiger partial charge in [0.05, 0.1) is 18.4 Å². The van der Waals surface area contributed by atoms with Crippen molar-refractivity contribution in [3.63, 3.8) is 0 Å². The predicted molar refractivity (Wildman–Crippen MR) is 109 cm³/mol. The second kappa shape index (κ2) is 7.87. The van der Waals surface area contributed by atoms with Gasteiger partial charge in [-0.3, -0.25) is 5.32 Å². The molecular weight excluding hydrogens is 389 g/mol. The third kappa shape index (κ3) is 3.34. The van der Waals surface area contributed by atoms with Crippen LogP contribution in [0.25, 0.3) is 11.1 Å². The van der Waals surface area contributed by atoms with Crippen LogP contribution >= 0.6 is 0 Å². The first-order chi connectivity index (χ1) is 14.5. The second-order valence-corrected chi connectivity index (χ2v) is 6.76. The van der Waals surface area contributed by atoms with Gasteiger partial charge in [-0.15, -0.1) is 0 Å². The summed E-state index contributed by atoms with van der Waals surface area (Å²) in [6.45, 7) is 0.0217. The molecule has 0 spiro atoms. The highest BCUT2D eigenvalue weighted by atomic mass is 19.1. The number of ether oxygens (including phenoxy) is 2. The van der Waals surface area contributed by atoms with Crippen molar-refractivity contribution in [1.29, 1.82) is 0 Å². The molecule has 0 saturated carbocycles. The highest BCUT2D eigenvalue weighted by molar-refractivity contribution is 5.99. The normalized spacial score (nSPS) is 12.1. The Kier molecular flexibility index (Phi) is 5.10. The van der Waals surface area contributed by atoms with Crippen molar-refractivity contribution in [3.05, 3.63) is 83.2 Å². The van der Waals surface area contributed by atoms with E-state index in [0.717, 1.165) is 28.3 Å². The van der Waals surface area contributed by atoms with Gasteiger partial charge in [0.1, 0.15) is 6.61 Å². The Morgan fingerprint density at radius 1 is 1.00 bits per heavy atom. The van der Waals surface area contributed by atoms with Gasteiger partial charge >= 0.3 is 12.1 Å². The molecule has 0 fully saturated rings. The zero-order valence-corrected chi connectivity index (χ0v) is 16.0. The van der Waals surface area contributed by atoms with Crippen molar-refractivity contribution in [3.8, 4) is 16.9 Å². The number of rotatable bonds is 5. The van der Waals surface area contributed by atoms with Gasteiger partial charge in [-0.05, 0) is 34.4 Å². The minimum atomic E-state index is -1.38. The van der Waals surface area contributed by atoms with E-state index in [1.165, 1.54) is 13.2 Å². The van der Waals surface area contributed by atoms with E-state index in [4.69, 9.17) is 9.47 Å². The summed E-state index contributed by atoms with van der Waals surface area (Å²) in [5, 5.41) is 11.5.